The van der Waals surface area contributed by atoms with Crippen molar-refractivity contribution in [3.05, 3.63) is 29.3 Å². The van der Waals surface area contributed by atoms with Gasteiger partial charge in [0.15, 0.2) is 0 Å². The third-order valence-electron chi connectivity index (χ3n) is 2.21. The predicted molar refractivity (Wildman–Crippen MR) is 66.1 cm³/mol. The van der Waals surface area contributed by atoms with Gasteiger partial charge < -0.3 is 0 Å². The Balaban J connectivity index is 3.22. The van der Waals surface area contributed by atoms with Gasteiger partial charge in [-0.1, -0.05) is 17.7 Å². The second kappa shape index (κ2) is 5.50. The molecule has 0 N–H and O–H groups in total. The van der Waals surface area contributed by atoms with Gasteiger partial charge in [0.2, 0.25) is 10.0 Å². The Morgan fingerprint density at radius 1 is 1.47 bits per heavy atom. The standard InChI is InChI=1S/C11H13ClN2O2S/c1-9(2)14(7-6-13)17(15,16)11-5-3-4-10(12)8-11/h3-5,8-9H,7H2,1-2H3. The van der Waals surface area contributed by atoms with E-state index in [9.17, 15) is 8.42 Å². The number of rotatable bonds is 4. The molecule has 6 heteroatoms. The zero-order valence-electron chi connectivity index (χ0n) is 9.59. The lowest BCUT2D eigenvalue weighted by Gasteiger charge is -2.23. The van der Waals surface area contributed by atoms with E-state index in [-0.39, 0.29) is 17.5 Å². The molecule has 1 aromatic rings. The van der Waals surface area contributed by atoms with Gasteiger partial charge in [-0.15, -0.1) is 0 Å². The molecule has 0 unspecified atom stereocenters. The normalized spacial score (nSPS) is 11.8. The first-order valence-corrected chi connectivity index (χ1v) is 6.85. The molecule has 0 aliphatic rings. The zero-order valence-corrected chi connectivity index (χ0v) is 11.2. The van der Waals surface area contributed by atoms with Crippen LogP contribution in [-0.2, 0) is 10.0 Å². The van der Waals surface area contributed by atoms with E-state index in [1.165, 1.54) is 12.1 Å². The molecule has 0 aliphatic heterocycles. The molecule has 4 nitrogen and oxygen atoms in total. The van der Waals surface area contributed by atoms with Crippen LogP contribution in [0.3, 0.4) is 0 Å². The van der Waals surface area contributed by atoms with Gasteiger partial charge in [0.25, 0.3) is 0 Å². The van der Waals surface area contributed by atoms with E-state index in [0.29, 0.717) is 5.02 Å². The minimum atomic E-state index is -3.66. The smallest absolute Gasteiger partial charge is 0.207 e. The van der Waals surface area contributed by atoms with E-state index in [1.807, 2.05) is 6.07 Å². The van der Waals surface area contributed by atoms with Gasteiger partial charge in [0.05, 0.1) is 11.0 Å². The first-order chi connectivity index (χ1) is 7.89. The van der Waals surface area contributed by atoms with Gasteiger partial charge in [-0.25, -0.2) is 8.42 Å². The van der Waals surface area contributed by atoms with E-state index in [4.69, 9.17) is 16.9 Å². The minimum absolute atomic E-state index is 0.106. The van der Waals surface area contributed by atoms with Gasteiger partial charge >= 0.3 is 0 Å². The van der Waals surface area contributed by atoms with Gasteiger partial charge in [-0.3, -0.25) is 0 Å². The van der Waals surface area contributed by atoms with Crippen molar-refractivity contribution in [2.24, 2.45) is 0 Å². The van der Waals surface area contributed by atoms with Gasteiger partial charge in [-0.2, -0.15) is 9.57 Å². The third kappa shape index (κ3) is 3.19. The molecule has 17 heavy (non-hydrogen) atoms. The lowest BCUT2D eigenvalue weighted by Crippen LogP contribution is -2.37. The zero-order chi connectivity index (χ0) is 13.1. The molecule has 1 rings (SSSR count). The molecule has 0 amide bonds. The molecule has 92 valence electrons. The van der Waals surface area contributed by atoms with Crippen molar-refractivity contribution in [3.8, 4) is 6.07 Å². The topological polar surface area (TPSA) is 61.2 Å². The summed E-state index contributed by atoms with van der Waals surface area (Å²) in [5.74, 6) is 0. The fourth-order valence-corrected chi connectivity index (χ4v) is 3.21. The van der Waals surface area contributed by atoms with E-state index in [2.05, 4.69) is 0 Å². The highest BCUT2D eigenvalue weighted by atomic mass is 35.5. The highest BCUT2D eigenvalue weighted by Crippen LogP contribution is 2.20. The van der Waals surface area contributed by atoms with Crippen LogP contribution in [0.2, 0.25) is 5.02 Å². The molecule has 0 fully saturated rings. The van der Waals surface area contributed by atoms with Crippen molar-refractivity contribution < 1.29 is 8.42 Å². The molecule has 0 saturated heterocycles. The molecule has 0 bridgehead atoms. The minimum Gasteiger partial charge on any atom is -0.207 e. The Kier molecular flexibility index (Phi) is 4.52. The summed E-state index contributed by atoms with van der Waals surface area (Å²) in [4.78, 5) is 0.106. The largest absolute Gasteiger partial charge is 0.244 e. The number of hydrogen-bond donors (Lipinski definition) is 0. The molecule has 0 spiro atoms. The van der Waals surface area contributed by atoms with Crippen molar-refractivity contribution in [1.29, 1.82) is 5.26 Å². The monoisotopic (exact) mass is 272 g/mol. The highest BCUT2D eigenvalue weighted by Gasteiger charge is 2.26. The van der Waals surface area contributed by atoms with Crippen molar-refractivity contribution in [3.63, 3.8) is 0 Å². The molecule has 0 atom stereocenters. The van der Waals surface area contributed by atoms with Crippen LogP contribution >= 0.6 is 11.6 Å². The first-order valence-electron chi connectivity index (χ1n) is 5.04. The van der Waals surface area contributed by atoms with E-state index >= 15 is 0 Å². The number of nitriles is 1. The molecular formula is C11H13ClN2O2S. The maximum absolute atomic E-state index is 12.2. The highest BCUT2D eigenvalue weighted by molar-refractivity contribution is 7.89. The van der Waals surface area contributed by atoms with E-state index < -0.39 is 10.0 Å². The number of hydrogen-bond acceptors (Lipinski definition) is 3. The van der Waals surface area contributed by atoms with Crippen LogP contribution in [0.25, 0.3) is 0 Å². The number of sulfonamides is 1. The van der Waals surface area contributed by atoms with Crippen molar-refractivity contribution in [2.45, 2.75) is 24.8 Å². The second-order valence-electron chi connectivity index (χ2n) is 3.76. The van der Waals surface area contributed by atoms with Crippen LogP contribution < -0.4 is 0 Å². The first kappa shape index (κ1) is 14.0. The van der Waals surface area contributed by atoms with Crippen LogP contribution in [0.1, 0.15) is 13.8 Å². The van der Waals surface area contributed by atoms with Crippen LogP contribution in [0.15, 0.2) is 29.2 Å². The average Bonchev–Trinajstić information content (AvgIpc) is 2.25. The molecular weight excluding hydrogens is 260 g/mol. The fraction of sp³-hybridized carbons (Fsp3) is 0.364. The fourth-order valence-electron chi connectivity index (χ4n) is 1.38. The summed E-state index contributed by atoms with van der Waals surface area (Å²) >= 11 is 5.76. The quantitative estimate of drug-likeness (QED) is 0.790. The summed E-state index contributed by atoms with van der Waals surface area (Å²) in [5.41, 5.74) is 0. The summed E-state index contributed by atoms with van der Waals surface area (Å²) in [7, 11) is -3.66. The SMILES string of the molecule is CC(C)N(CC#N)S(=O)(=O)c1cccc(Cl)c1. The molecule has 0 aliphatic carbocycles. The molecule has 0 aromatic heterocycles. The summed E-state index contributed by atoms with van der Waals surface area (Å²) < 4.78 is 25.6. The van der Waals surface area contributed by atoms with Crippen molar-refractivity contribution in [2.75, 3.05) is 6.54 Å². The lowest BCUT2D eigenvalue weighted by atomic mass is 10.4. The Hall–Kier alpha value is -1.09. The molecule has 0 radical (unpaired) electrons. The summed E-state index contributed by atoms with van der Waals surface area (Å²) in [6.45, 7) is 3.27. The van der Waals surface area contributed by atoms with Gasteiger partial charge in [0, 0.05) is 11.1 Å². The van der Waals surface area contributed by atoms with Crippen LogP contribution in [0, 0.1) is 11.3 Å². The molecule has 0 saturated carbocycles. The van der Waals surface area contributed by atoms with E-state index in [0.717, 1.165) is 4.31 Å². The summed E-state index contributed by atoms with van der Waals surface area (Å²) in [5, 5.41) is 9.02. The summed E-state index contributed by atoms with van der Waals surface area (Å²) in [6.07, 6.45) is 0. The Morgan fingerprint density at radius 2 is 2.12 bits per heavy atom. The van der Waals surface area contributed by atoms with Crippen LogP contribution in [0.4, 0.5) is 0 Å². The average molecular weight is 273 g/mol. The predicted octanol–water partition coefficient (Wildman–Crippen LogP) is 2.26. The van der Waals surface area contributed by atoms with Crippen LogP contribution in [-0.4, -0.2) is 25.3 Å². The number of nitrogens with zero attached hydrogens (tertiary/aromatic N) is 2. The Bertz CT molecular complexity index is 535. The van der Waals surface area contributed by atoms with Crippen molar-refractivity contribution in [1.82, 2.24) is 4.31 Å². The lowest BCUT2D eigenvalue weighted by molar-refractivity contribution is 0.385. The molecule has 1 aromatic carbocycles. The number of benzene rings is 1. The Morgan fingerprint density at radius 3 is 2.59 bits per heavy atom. The van der Waals surface area contributed by atoms with Crippen LogP contribution in [0.5, 0.6) is 0 Å². The Labute approximate surface area is 106 Å². The van der Waals surface area contributed by atoms with Gasteiger partial charge in [0.1, 0.15) is 6.54 Å². The maximum atomic E-state index is 12.2. The number of halogens is 1. The second-order valence-corrected chi connectivity index (χ2v) is 6.09. The van der Waals surface area contributed by atoms with Gasteiger partial charge in [-0.05, 0) is 32.0 Å². The third-order valence-corrected chi connectivity index (χ3v) is 4.46. The maximum Gasteiger partial charge on any atom is 0.244 e. The van der Waals surface area contributed by atoms with Crippen molar-refractivity contribution >= 4 is 21.6 Å². The summed E-state index contributed by atoms with van der Waals surface area (Å²) in [6, 6.07) is 7.59. The van der Waals surface area contributed by atoms with E-state index in [1.54, 1.807) is 26.0 Å². The molecule has 0 heterocycles.